The maximum Gasteiger partial charge on any atom is 0.241 e. The minimum absolute atomic E-state index is 0.0212. The molecule has 0 bridgehead atoms. The van der Waals surface area contributed by atoms with Crippen LogP contribution in [0.25, 0.3) is 10.9 Å². The largest absolute Gasteiger partial charge is 0.340 e. The van der Waals surface area contributed by atoms with Crippen LogP contribution < -0.4 is 5.32 Å². The van der Waals surface area contributed by atoms with Crippen molar-refractivity contribution in [3.8, 4) is 0 Å². The molecule has 6 heteroatoms. The fraction of sp³-hybridized carbons (Fsp3) is 0.522. The molecular weight excluding hydrogens is 364 g/mol. The number of hydrogen-bond donors (Lipinski definition) is 1. The van der Waals surface area contributed by atoms with Gasteiger partial charge in [0.2, 0.25) is 11.8 Å². The lowest BCUT2D eigenvalue weighted by Gasteiger charge is -2.37. The number of benzene rings is 1. The second kappa shape index (κ2) is 8.91. The molecule has 1 saturated carbocycles. The summed E-state index contributed by atoms with van der Waals surface area (Å²) in [6, 6.07) is 9.36. The van der Waals surface area contributed by atoms with Gasteiger partial charge in [-0.3, -0.25) is 19.5 Å². The maximum atomic E-state index is 12.8. The van der Waals surface area contributed by atoms with Gasteiger partial charge in [0.05, 0.1) is 17.2 Å². The minimum Gasteiger partial charge on any atom is -0.340 e. The highest BCUT2D eigenvalue weighted by Crippen LogP contribution is 2.28. The van der Waals surface area contributed by atoms with E-state index in [1.807, 2.05) is 42.2 Å². The summed E-state index contributed by atoms with van der Waals surface area (Å²) in [4.78, 5) is 33.9. The van der Waals surface area contributed by atoms with E-state index < -0.39 is 0 Å². The molecule has 1 aromatic heterocycles. The van der Waals surface area contributed by atoms with E-state index >= 15 is 0 Å². The number of nitrogens with zero attached hydrogens (tertiary/aromatic N) is 3. The van der Waals surface area contributed by atoms with Crippen LogP contribution in [0.5, 0.6) is 0 Å². The Balaban J connectivity index is 1.31. The van der Waals surface area contributed by atoms with Crippen LogP contribution in [0.2, 0.25) is 0 Å². The van der Waals surface area contributed by atoms with E-state index in [1.165, 1.54) is 25.7 Å². The molecule has 1 atom stereocenters. The third-order valence-electron chi connectivity index (χ3n) is 6.44. The Labute approximate surface area is 172 Å². The van der Waals surface area contributed by atoms with Gasteiger partial charge < -0.3 is 10.2 Å². The van der Waals surface area contributed by atoms with Crippen LogP contribution in [0, 0.1) is 5.92 Å². The van der Waals surface area contributed by atoms with Gasteiger partial charge in [0.25, 0.3) is 0 Å². The first-order valence-corrected chi connectivity index (χ1v) is 10.8. The van der Waals surface area contributed by atoms with Crippen LogP contribution >= 0.6 is 0 Å². The molecule has 0 spiro atoms. The van der Waals surface area contributed by atoms with Gasteiger partial charge in [-0.15, -0.1) is 0 Å². The maximum absolute atomic E-state index is 12.8. The number of hydrogen-bond acceptors (Lipinski definition) is 4. The fourth-order valence-electron chi connectivity index (χ4n) is 4.56. The molecule has 2 heterocycles. The molecule has 2 aliphatic rings. The number of aromatic nitrogens is 1. The van der Waals surface area contributed by atoms with Crippen molar-refractivity contribution in [1.82, 2.24) is 14.8 Å². The minimum atomic E-state index is -0.242. The van der Waals surface area contributed by atoms with Gasteiger partial charge >= 0.3 is 0 Å². The van der Waals surface area contributed by atoms with Crippen LogP contribution in [-0.4, -0.2) is 58.8 Å². The summed E-state index contributed by atoms with van der Waals surface area (Å²) >= 11 is 0. The van der Waals surface area contributed by atoms with E-state index in [4.69, 9.17) is 0 Å². The van der Waals surface area contributed by atoms with E-state index in [2.05, 4.69) is 15.2 Å². The Hall–Kier alpha value is -2.47. The molecule has 2 fully saturated rings. The van der Waals surface area contributed by atoms with Crippen LogP contribution in [-0.2, 0) is 9.59 Å². The highest BCUT2D eigenvalue weighted by atomic mass is 16.2. The van der Waals surface area contributed by atoms with E-state index in [-0.39, 0.29) is 17.9 Å². The summed E-state index contributed by atoms with van der Waals surface area (Å²) in [5.74, 6) is 0.851. The van der Waals surface area contributed by atoms with Crippen LogP contribution in [0.15, 0.2) is 36.5 Å². The zero-order valence-electron chi connectivity index (χ0n) is 17.1. The lowest BCUT2D eigenvalue weighted by Crippen LogP contribution is -2.54. The first kappa shape index (κ1) is 19.8. The van der Waals surface area contributed by atoms with Crippen molar-refractivity contribution in [2.45, 2.75) is 45.1 Å². The molecule has 4 rings (SSSR count). The Morgan fingerprint density at radius 3 is 2.62 bits per heavy atom. The fourth-order valence-corrected chi connectivity index (χ4v) is 4.56. The SMILES string of the molecule is C[C@H](C(=O)Nc1cccc2ncccc12)N1CCN(C(=O)CC2CCCC2)CC1. The van der Waals surface area contributed by atoms with Crippen molar-refractivity contribution in [3.63, 3.8) is 0 Å². The van der Waals surface area contributed by atoms with Crippen molar-refractivity contribution in [2.75, 3.05) is 31.5 Å². The topological polar surface area (TPSA) is 65.5 Å². The van der Waals surface area contributed by atoms with Gasteiger partial charge in [0, 0.05) is 44.2 Å². The zero-order chi connectivity index (χ0) is 20.2. The molecule has 6 nitrogen and oxygen atoms in total. The molecule has 29 heavy (non-hydrogen) atoms. The molecule has 1 aromatic carbocycles. The number of nitrogens with one attached hydrogen (secondary N) is 1. The van der Waals surface area contributed by atoms with Crippen LogP contribution in [0.3, 0.4) is 0 Å². The highest BCUT2D eigenvalue weighted by molar-refractivity contribution is 6.02. The van der Waals surface area contributed by atoms with Crippen molar-refractivity contribution < 1.29 is 9.59 Å². The molecule has 2 amide bonds. The van der Waals surface area contributed by atoms with Gasteiger partial charge in [0.15, 0.2) is 0 Å². The summed E-state index contributed by atoms with van der Waals surface area (Å²) in [6.07, 6.45) is 7.39. The summed E-state index contributed by atoms with van der Waals surface area (Å²) < 4.78 is 0. The Morgan fingerprint density at radius 2 is 1.86 bits per heavy atom. The number of pyridine rings is 1. The molecule has 1 saturated heterocycles. The van der Waals surface area contributed by atoms with Crippen molar-refractivity contribution in [3.05, 3.63) is 36.5 Å². The lowest BCUT2D eigenvalue weighted by molar-refractivity contribution is -0.134. The van der Waals surface area contributed by atoms with Gasteiger partial charge in [0.1, 0.15) is 0 Å². The first-order chi connectivity index (χ1) is 14.1. The molecule has 1 N–H and O–H groups in total. The number of carbonyl (C=O) groups excluding carboxylic acids is 2. The molecule has 0 radical (unpaired) electrons. The number of fused-ring (bicyclic) bond motifs is 1. The smallest absolute Gasteiger partial charge is 0.241 e. The Bertz CT molecular complexity index is 865. The average Bonchev–Trinajstić information content (AvgIpc) is 3.26. The van der Waals surface area contributed by atoms with E-state index in [0.717, 1.165) is 29.7 Å². The molecule has 1 aliphatic carbocycles. The number of amides is 2. The predicted molar refractivity (Wildman–Crippen MR) is 115 cm³/mol. The third-order valence-corrected chi connectivity index (χ3v) is 6.44. The Morgan fingerprint density at radius 1 is 1.10 bits per heavy atom. The second-order valence-corrected chi connectivity index (χ2v) is 8.31. The van der Waals surface area contributed by atoms with Gasteiger partial charge in [-0.25, -0.2) is 0 Å². The van der Waals surface area contributed by atoms with E-state index in [0.29, 0.717) is 25.4 Å². The monoisotopic (exact) mass is 394 g/mol. The van der Waals surface area contributed by atoms with Crippen molar-refractivity contribution in [1.29, 1.82) is 0 Å². The summed E-state index contributed by atoms with van der Waals surface area (Å²) in [5, 5.41) is 4.01. The first-order valence-electron chi connectivity index (χ1n) is 10.8. The summed E-state index contributed by atoms with van der Waals surface area (Å²) in [5.41, 5.74) is 1.66. The standard InChI is InChI=1S/C23H30N4O2/c1-17(23(29)25-21-10-4-9-20-19(21)8-5-11-24-20)26-12-14-27(15-13-26)22(28)16-18-6-2-3-7-18/h4-5,8-11,17-18H,2-3,6-7,12-16H2,1H3,(H,25,29)/t17-/m1/s1. The van der Waals surface area contributed by atoms with Crippen molar-refractivity contribution >= 4 is 28.4 Å². The quantitative estimate of drug-likeness (QED) is 0.845. The number of piperazine rings is 1. The second-order valence-electron chi connectivity index (χ2n) is 8.31. The third kappa shape index (κ3) is 4.58. The summed E-state index contributed by atoms with van der Waals surface area (Å²) in [6.45, 7) is 4.83. The Kier molecular flexibility index (Phi) is 6.09. The molecule has 1 aliphatic heterocycles. The summed E-state index contributed by atoms with van der Waals surface area (Å²) in [7, 11) is 0. The zero-order valence-corrected chi connectivity index (χ0v) is 17.1. The molecule has 154 valence electrons. The molecule has 2 aromatic rings. The average molecular weight is 395 g/mol. The molecule has 0 unspecified atom stereocenters. The number of carbonyl (C=O) groups is 2. The van der Waals surface area contributed by atoms with Gasteiger partial charge in [-0.1, -0.05) is 18.9 Å². The lowest BCUT2D eigenvalue weighted by atomic mass is 10.0. The normalized spacial score (nSPS) is 19.4. The molecular formula is C23H30N4O2. The number of rotatable bonds is 5. The van der Waals surface area contributed by atoms with Gasteiger partial charge in [-0.2, -0.15) is 0 Å². The van der Waals surface area contributed by atoms with Crippen LogP contribution in [0.4, 0.5) is 5.69 Å². The van der Waals surface area contributed by atoms with Crippen LogP contribution in [0.1, 0.15) is 39.0 Å². The van der Waals surface area contributed by atoms with E-state index in [9.17, 15) is 9.59 Å². The van der Waals surface area contributed by atoms with E-state index in [1.54, 1.807) is 6.20 Å². The highest BCUT2D eigenvalue weighted by Gasteiger charge is 2.29. The number of anilines is 1. The predicted octanol–water partition coefficient (Wildman–Crippen LogP) is 3.29. The van der Waals surface area contributed by atoms with Crippen molar-refractivity contribution in [2.24, 2.45) is 5.92 Å². The van der Waals surface area contributed by atoms with Gasteiger partial charge in [-0.05, 0) is 49.9 Å².